The van der Waals surface area contributed by atoms with Crippen LogP contribution >= 0.6 is 11.8 Å². The van der Waals surface area contributed by atoms with Gasteiger partial charge in [-0.15, -0.1) is 10.2 Å². The minimum absolute atomic E-state index is 0.0925. The second kappa shape index (κ2) is 9.78. The van der Waals surface area contributed by atoms with Crippen molar-refractivity contribution in [2.24, 2.45) is 5.92 Å². The van der Waals surface area contributed by atoms with Crippen molar-refractivity contribution in [3.05, 3.63) is 24.3 Å². The van der Waals surface area contributed by atoms with E-state index in [-0.39, 0.29) is 17.7 Å². The van der Waals surface area contributed by atoms with Gasteiger partial charge < -0.3 is 10.1 Å². The quantitative estimate of drug-likeness (QED) is 0.700. The smallest absolute Gasteiger partial charge is 0.321 e. The minimum atomic E-state index is -0.517. The molecule has 2 atom stereocenters. The highest BCUT2D eigenvalue weighted by atomic mass is 32.2. The molecule has 3 rings (SSSR count). The third-order valence-electron chi connectivity index (χ3n) is 5.22. The average molecular weight is 418 g/mol. The number of ether oxygens (including phenoxy) is 1. The molecule has 0 bridgehead atoms. The van der Waals surface area contributed by atoms with E-state index in [9.17, 15) is 9.59 Å². The van der Waals surface area contributed by atoms with Crippen LogP contribution in [0, 0.1) is 5.92 Å². The highest BCUT2D eigenvalue weighted by molar-refractivity contribution is 7.99. The summed E-state index contributed by atoms with van der Waals surface area (Å²) in [5.74, 6) is 1.80. The van der Waals surface area contributed by atoms with Gasteiger partial charge in [-0.1, -0.05) is 31.5 Å². The Labute approximate surface area is 174 Å². The molecule has 2 aromatic rings. The van der Waals surface area contributed by atoms with E-state index >= 15 is 0 Å². The molecule has 1 aliphatic carbocycles. The van der Waals surface area contributed by atoms with Crippen molar-refractivity contribution in [1.82, 2.24) is 25.4 Å². The number of thioether (sulfide) groups is 1. The first kappa shape index (κ1) is 21.2. The molecule has 9 heteroatoms. The van der Waals surface area contributed by atoms with Crippen molar-refractivity contribution < 1.29 is 14.3 Å². The highest BCUT2D eigenvalue weighted by Gasteiger charge is 2.29. The molecule has 0 unspecified atom stereocenters. The predicted octanol–water partition coefficient (Wildman–Crippen LogP) is 3.25. The lowest BCUT2D eigenvalue weighted by molar-refractivity contribution is -0.117. The van der Waals surface area contributed by atoms with Crippen molar-refractivity contribution in [3.63, 3.8) is 0 Å². The summed E-state index contributed by atoms with van der Waals surface area (Å²) in [6.45, 7) is 2.26. The van der Waals surface area contributed by atoms with Gasteiger partial charge in [0, 0.05) is 18.7 Å². The van der Waals surface area contributed by atoms with Gasteiger partial charge in [0.2, 0.25) is 5.91 Å². The molecule has 0 spiro atoms. The molecular weight excluding hydrogens is 390 g/mol. The molecule has 1 aliphatic rings. The van der Waals surface area contributed by atoms with Gasteiger partial charge >= 0.3 is 6.03 Å². The van der Waals surface area contributed by atoms with Crippen LogP contribution < -0.4 is 15.4 Å². The predicted molar refractivity (Wildman–Crippen MR) is 112 cm³/mol. The highest BCUT2D eigenvalue weighted by Crippen LogP contribution is 2.39. The van der Waals surface area contributed by atoms with Crippen LogP contribution in [0.25, 0.3) is 11.4 Å². The van der Waals surface area contributed by atoms with Gasteiger partial charge in [0.05, 0.1) is 12.9 Å². The number of nitrogens with one attached hydrogen (secondary N) is 2. The molecule has 1 aromatic heterocycles. The second-order valence-corrected chi connectivity index (χ2v) is 8.09. The first-order chi connectivity index (χ1) is 14.0. The van der Waals surface area contributed by atoms with Crippen molar-refractivity contribution in [2.75, 3.05) is 19.9 Å². The number of amides is 3. The molecule has 1 fully saturated rings. The largest absolute Gasteiger partial charge is 0.497 e. The molecule has 0 radical (unpaired) electrons. The number of rotatable bonds is 6. The van der Waals surface area contributed by atoms with E-state index in [0.717, 1.165) is 36.4 Å². The van der Waals surface area contributed by atoms with Crippen molar-refractivity contribution >= 4 is 23.7 Å². The van der Waals surface area contributed by atoms with Gasteiger partial charge in [-0.05, 0) is 43.0 Å². The number of carbonyl (C=O) groups excluding carboxylic acids is 2. The summed E-state index contributed by atoms with van der Waals surface area (Å²) in [4.78, 5) is 23.4. The van der Waals surface area contributed by atoms with Crippen molar-refractivity contribution in [3.8, 4) is 17.1 Å². The summed E-state index contributed by atoms with van der Waals surface area (Å²) < 4.78 is 7.43. The lowest BCUT2D eigenvalue weighted by Gasteiger charge is -2.31. The van der Waals surface area contributed by atoms with Crippen molar-refractivity contribution in [1.29, 1.82) is 0 Å². The Bertz CT molecular complexity index is 852. The molecule has 1 aromatic carbocycles. The molecule has 29 heavy (non-hydrogen) atoms. The zero-order valence-corrected chi connectivity index (χ0v) is 17.8. The van der Waals surface area contributed by atoms with E-state index in [1.54, 1.807) is 7.11 Å². The summed E-state index contributed by atoms with van der Waals surface area (Å²) in [5.41, 5.74) is 0.956. The van der Waals surface area contributed by atoms with Gasteiger partial charge in [0.25, 0.3) is 0 Å². The lowest BCUT2D eigenvalue weighted by atomic mass is 9.85. The number of imide groups is 1. The van der Waals surface area contributed by atoms with Gasteiger partial charge in [0.15, 0.2) is 11.0 Å². The molecule has 1 saturated carbocycles. The van der Waals surface area contributed by atoms with E-state index in [2.05, 4.69) is 32.3 Å². The second-order valence-electron chi connectivity index (χ2n) is 7.15. The summed E-state index contributed by atoms with van der Waals surface area (Å²) in [6, 6.07) is 7.52. The summed E-state index contributed by atoms with van der Waals surface area (Å²) in [5, 5.41) is 14.2. The lowest BCUT2D eigenvalue weighted by Crippen LogP contribution is -2.38. The Morgan fingerprint density at radius 3 is 2.59 bits per heavy atom. The normalized spacial score (nSPS) is 18.9. The molecule has 156 valence electrons. The summed E-state index contributed by atoms with van der Waals surface area (Å²) >= 11 is 1.30. The van der Waals surface area contributed by atoms with E-state index in [1.807, 2.05) is 24.3 Å². The van der Waals surface area contributed by atoms with E-state index in [0.29, 0.717) is 11.1 Å². The minimum Gasteiger partial charge on any atom is -0.497 e. The van der Waals surface area contributed by atoms with Crippen molar-refractivity contribution in [2.45, 2.75) is 43.8 Å². The maximum absolute atomic E-state index is 12.0. The Morgan fingerprint density at radius 1 is 1.21 bits per heavy atom. The maximum Gasteiger partial charge on any atom is 0.321 e. The number of nitrogens with zero attached hydrogens (tertiary/aromatic N) is 3. The standard InChI is InChI=1S/C20H27N5O3S/c1-13-6-4-5-7-16(13)25-18(14-8-10-15(28-3)11-9-14)23-24-20(25)29-12-17(26)22-19(27)21-2/h8-11,13,16H,4-7,12H2,1-3H3,(H2,21,22,26,27)/t13-,16+/m1/s1. The molecule has 2 N–H and O–H groups in total. The number of methoxy groups -OCH3 is 1. The van der Waals surface area contributed by atoms with Crippen LogP contribution in [0.1, 0.15) is 38.6 Å². The zero-order chi connectivity index (χ0) is 20.8. The van der Waals surface area contributed by atoms with E-state index in [4.69, 9.17) is 4.74 Å². The summed E-state index contributed by atoms with van der Waals surface area (Å²) in [7, 11) is 3.11. The zero-order valence-electron chi connectivity index (χ0n) is 17.0. The number of hydrogen-bond acceptors (Lipinski definition) is 6. The van der Waals surface area contributed by atoms with Crippen LogP contribution in [0.5, 0.6) is 5.75 Å². The van der Waals surface area contributed by atoms with Gasteiger partial charge in [-0.3, -0.25) is 14.7 Å². The Morgan fingerprint density at radius 2 is 1.93 bits per heavy atom. The number of carbonyl (C=O) groups is 2. The summed E-state index contributed by atoms with van der Waals surface area (Å²) in [6.07, 6.45) is 4.61. The molecular formula is C20H27N5O3S. The maximum atomic E-state index is 12.0. The van der Waals surface area contributed by atoms with Gasteiger partial charge in [-0.2, -0.15) is 0 Å². The van der Waals surface area contributed by atoms with Crippen LogP contribution in [0.2, 0.25) is 0 Å². The van der Waals surface area contributed by atoms with Crippen LogP contribution in [0.3, 0.4) is 0 Å². The number of hydrogen-bond donors (Lipinski definition) is 2. The SMILES string of the molecule is CNC(=O)NC(=O)CSc1nnc(-c2ccc(OC)cc2)n1[C@H]1CCCC[C@H]1C. The molecule has 1 heterocycles. The Balaban J connectivity index is 1.88. The van der Waals surface area contributed by atoms with Crippen LogP contribution in [-0.4, -0.2) is 46.6 Å². The molecule has 3 amide bonds. The monoisotopic (exact) mass is 417 g/mol. The average Bonchev–Trinajstić information content (AvgIpc) is 3.16. The van der Waals surface area contributed by atoms with Crippen LogP contribution in [0.4, 0.5) is 4.79 Å². The fraction of sp³-hybridized carbons (Fsp3) is 0.500. The topological polar surface area (TPSA) is 98.1 Å². The number of urea groups is 1. The van der Waals surface area contributed by atoms with E-state index < -0.39 is 6.03 Å². The number of aromatic nitrogens is 3. The third kappa shape index (κ3) is 5.09. The van der Waals surface area contributed by atoms with Gasteiger partial charge in [-0.25, -0.2) is 4.79 Å². The number of benzene rings is 1. The molecule has 0 aliphatic heterocycles. The van der Waals surface area contributed by atoms with Gasteiger partial charge in [0.1, 0.15) is 5.75 Å². The Hall–Kier alpha value is -2.55. The molecule has 8 nitrogen and oxygen atoms in total. The third-order valence-corrected chi connectivity index (χ3v) is 6.17. The van der Waals surface area contributed by atoms with Crippen LogP contribution in [0.15, 0.2) is 29.4 Å². The first-order valence-corrected chi connectivity index (χ1v) is 10.8. The van der Waals surface area contributed by atoms with E-state index in [1.165, 1.54) is 25.2 Å². The fourth-order valence-electron chi connectivity index (χ4n) is 3.65. The molecule has 0 saturated heterocycles. The fourth-order valence-corrected chi connectivity index (χ4v) is 4.44. The Kier molecular flexibility index (Phi) is 7.13. The first-order valence-electron chi connectivity index (χ1n) is 9.77. The van der Waals surface area contributed by atoms with Crippen LogP contribution in [-0.2, 0) is 4.79 Å².